The van der Waals surface area contributed by atoms with Crippen LogP contribution in [0.1, 0.15) is 46.7 Å². The van der Waals surface area contributed by atoms with Crippen molar-refractivity contribution in [3.05, 3.63) is 60.3 Å². The van der Waals surface area contributed by atoms with Crippen LogP contribution < -0.4 is 5.32 Å². The van der Waals surface area contributed by atoms with Crippen molar-refractivity contribution in [1.29, 1.82) is 0 Å². The van der Waals surface area contributed by atoms with Crippen LogP contribution in [0.25, 0.3) is 10.9 Å². The Hall–Kier alpha value is -3.22. The van der Waals surface area contributed by atoms with Gasteiger partial charge >= 0.3 is 0 Å². The second kappa shape index (κ2) is 8.86. The van der Waals surface area contributed by atoms with Crippen molar-refractivity contribution in [2.45, 2.75) is 32.2 Å². The van der Waals surface area contributed by atoms with Gasteiger partial charge in [-0.05, 0) is 43.2 Å². The zero-order valence-electron chi connectivity index (χ0n) is 16.4. The predicted molar refractivity (Wildman–Crippen MR) is 111 cm³/mol. The van der Waals surface area contributed by atoms with E-state index in [0.717, 1.165) is 32.2 Å². The molecule has 3 aromatic rings. The number of rotatable bonds is 6. The van der Waals surface area contributed by atoms with Crippen LogP contribution >= 0.6 is 0 Å². The van der Waals surface area contributed by atoms with Crippen molar-refractivity contribution in [2.24, 2.45) is 0 Å². The molecule has 0 atom stereocenters. The second-order valence-corrected chi connectivity index (χ2v) is 7.28. The molecular formula is C22H25N5O2. The third-order valence-corrected chi connectivity index (χ3v) is 5.30. The first-order chi connectivity index (χ1) is 14.2. The lowest BCUT2D eigenvalue weighted by atomic mass is 10.1. The maximum Gasteiger partial charge on any atom is 0.274 e. The molecule has 0 saturated carbocycles. The van der Waals surface area contributed by atoms with E-state index < -0.39 is 0 Å². The van der Waals surface area contributed by atoms with Gasteiger partial charge in [0.05, 0.1) is 0 Å². The largest absolute Gasteiger partial charge is 0.351 e. The minimum atomic E-state index is -0.351. The molecule has 2 amide bonds. The summed E-state index contributed by atoms with van der Waals surface area (Å²) in [5.41, 5.74) is 1.43. The summed E-state index contributed by atoms with van der Waals surface area (Å²) in [5, 5.41) is 4.09. The van der Waals surface area contributed by atoms with Gasteiger partial charge in [-0.2, -0.15) is 0 Å². The van der Waals surface area contributed by atoms with Crippen LogP contribution in [0, 0.1) is 0 Å². The van der Waals surface area contributed by atoms with Gasteiger partial charge in [0.1, 0.15) is 0 Å². The molecule has 0 unspecified atom stereocenters. The molecule has 0 spiro atoms. The molecule has 2 aromatic heterocycles. The molecular weight excluding hydrogens is 366 g/mol. The highest BCUT2D eigenvalue weighted by atomic mass is 16.2. The Morgan fingerprint density at radius 3 is 2.55 bits per heavy atom. The zero-order chi connectivity index (χ0) is 20.1. The van der Waals surface area contributed by atoms with Crippen LogP contribution in [0.15, 0.2) is 48.9 Å². The lowest BCUT2D eigenvalue weighted by Gasteiger charge is -2.26. The Morgan fingerprint density at radius 2 is 1.72 bits per heavy atom. The Morgan fingerprint density at radius 1 is 0.966 bits per heavy atom. The number of aromatic nitrogens is 3. The van der Waals surface area contributed by atoms with Gasteiger partial charge in [-0.25, -0.2) is 9.97 Å². The molecule has 0 radical (unpaired) electrons. The van der Waals surface area contributed by atoms with Gasteiger partial charge in [0.25, 0.3) is 11.8 Å². The molecule has 1 aromatic carbocycles. The third kappa shape index (κ3) is 4.29. The number of amides is 2. The Balaban J connectivity index is 1.35. The van der Waals surface area contributed by atoms with E-state index in [1.165, 1.54) is 23.3 Å². The molecule has 3 heterocycles. The molecule has 7 nitrogen and oxygen atoms in total. The van der Waals surface area contributed by atoms with Crippen LogP contribution in [0.2, 0.25) is 0 Å². The maximum absolute atomic E-state index is 12.8. The van der Waals surface area contributed by atoms with Crippen molar-refractivity contribution in [2.75, 3.05) is 19.6 Å². The Kier molecular flexibility index (Phi) is 5.84. The van der Waals surface area contributed by atoms with Crippen molar-refractivity contribution in [3.8, 4) is 0 Å². The molecule has 0 aliphatic carbocycles. The maximum atomic E-state index is 12.8. The zero-order valence-corrected chi connectivity index (χ0v) is 16.4. The summed E-state index contributed by atoms with van der Waals surface area (Å²) in [6.45, 7) is 2.72. The third-order valence-electron chi connectivity index (χ3n) is 5.30. The molecule has 29 heavy (non-hydrogen) atoms. The van der Waals surface area contributed by atoms with Crippen molar-refractivity contribution < 1.29 is 9.59 Å². The number of nitrogens with one attached hydrogen (secondary N) is 1. The van der Waals surface area contributed by atoms with Gasteiger partial charge in [-0.15, -0.1) is 0 Å². The quantitative estimate of drug-likeness (QED) is 0.655. The summed E-state index contributed by atoms with van der Waals surface area (Å²) in [6, 6.07) is 10.3. The SMILES string of the molecule is O=C(NCCCn1ccc2ccccc21)c1nccnc1C(=O)N1CCCCC1. The monoisotopic (exact) mass is 391 g/mol. The number of piperidine rings is 1. The second-order valence-electron chi connectivity index (χ2n) is 7.28. The van der Waals surface area contributed by atoms with Crippen LogP contribution in [0.4, 0.5) is 0 Å². The number of nitrogens with zero attached hydrogens (tertiary/aromatic N) is 4. The van der Waals surface area contributed by atoms with Gasteiger partial charge in [-0.3, -0.25) is 9.59 Å². The number of likely N-dealkylation sites (tertiary alicyclic amines) is 1. The number of benzene rings is 1. The van der Waals surface area contributed by atoms with Crippen molar-refractivity contribution in [3.63, 3.8) is 0 Å². The van der Waals surface area contributed by atoms with Crippen molar-refractivity contribution >= 4 is 22.7 Å². The number of carbonyl (C=O) groups is 2. The Labute approximate surface area is 169 Å². The van der Waals surface area contributed by atoms with E-state index in [9.17, 15) is 9.59 Å². The van der Waals surface area contributed by atoms with Gasteiger partial charge in [0.15, 0.2) is 11.4 Å². The summed E-state index contributed by atoms with van der Waals surface area (Å²) in [7, 11) is 0. The van der Waals surface area contributed by atoms with Crippen molar-refractivity contribution in [1.82, 2.24) is 24.8 Å². The first kappa shape index (κ1) is 19.1. The lowest BCUT2D eigenvalue weighted by Crippen LogP contribution is -2.38. The molecule has 1 aliphatic rings. The molecule has 150 valence electrons. The van der Waals surface area contributed by atoms with Gasteiger partial charge in [0, 0.05) is 50.3 Å². The predicted octanol–water partition coefficient (Wildman–Crippen LogP) is 2.88. The average molecular weight is 391 g/mol. The van der Waals surface area contributed by atoms with E-state index in [1.807, 2.05) is 12.1 Å². The Bertz CT molecular complexity index is 1010. The minimum Gasteiger partial charge on any atom is -0.351 e. The van der Waals surface area contributed by atoms with E-state index in [2.05, 4.69) is 44.2 Å². The lowest BCUT2D eigenvalue weighted by molar-refractivity contribution is 0.0711. The highest BCUT2D eigenvalue weighted by Gasteiger charge is 2.25. The number of para-hydroxylation sites is 1. The summed E-state index contributed by atoms with van der Waals surface area (Å²) >= 11 is 0. The van der Waals surface area contributed by atoms with E-state index in [1.54, 1.807) is 4.90 Å². The number of hydrogen-bond donors (Lipinski definition) is 1. The van der Waals surface area contributed by atoms with Gasteiger partial charge < -0.3 is 14.8 Å². The smallest absolute Gasteiger partial charge is 0.274 e. The van der Waals surface area contributed by atoms with E-state index in [-0.39, 0.29) is 23.2 Å². The topological polar surface area (TPSA) is 80.1 Å². The van der Waals surface area contributed by atoms with E-state index in [0.29, 0.717) is 19.6 Å². The average Bonchev–Trinajstić information content (AvgIpc) is 3.20. The summed E-state index contributed by atoms with van der Waals surface area (Å²) in [4.78, 5) is 35.5. The summed E-state index contributed by atoms with van der Waals surface area (Å²) < 4.78 is 2.18. The van der Waals surface area contributed by atoms with E-state index in [4.69, 9.17) is 0 Å². The summed E-state index contributed by atoms with van der Waals surface area (Å²) in [5.74, 6) is -0.558. The molecule has 0 bridgehead atoms. The number of aryl methyl sites for hydroxylation is 1. The number of hydrogen-bond acceptors (Lipinski definition) is 4. The van der Waals surface area contributed by atoms with Crippen LogP contribution in [-0.2, 0) is 6.54 Å². The fraction of sp³-hybridized carbons (Fsp3) is 0.364. The number of carbonyl (C=O) groups excluding carboxylic acids is 2. The van der Waals surface area contributed by atoms with E-state index >= 15 is 0 Å². The fourth-order valence-electron chi connectivity index (χ4n) is 3.78. The number of fused-ring (bicyclic) bond motifs is 1. The first-order valence-electron chi connectivity index (χ1n) is 10.2. The normalized spacial score (nSPS) is 14.1. The molecule has 1 saturated heterocycles. The van der Waals surface area contributed by atoms with Crippen LogP contribution in [-0.4, -0.2) is 50.9 Å². The summed E-state index contributed by atoms with van der Waals surface area (Å²) in [6.07, 6.45) is 8.86. The minimum absolute atomic E-state index is 0.106. The molecule has 7 heteroatoms. The van der Waals surface area contributed by atoms with Gasteiger partial charge in [-0.1, -0.05) is 18.2 Å². The highest BCUT2D eigenvalue weighted by Crippen LogP contribution is 2.16. The van der Waals surface area contributed by atoms with Crippen LogP contribution in [0.3, 0.4) is 0 Å². The molecule has 4 rings (SSSR count). The van der Waals surface area contributed by atoms with Gasteiger partial charge in [0.2, 0.25) is 0 Å². The first-order valence-corrected chi connectivity index (χ1v) is 10.2. The fourth-order valence-corrected chi connectivity index (χ4v) is 3.78. The molecule has 1 N–H and O–H groups in total. The molecule has 1 aliphatic heterocycles. The van der Waals surface area contributed by atoms with Crippen LogP contribution in [0.5, 0.6) is 0 Å². The molecule has 1 fully saturated rings. The highest BCUT2D eigenvalue weighted by molar-refractivity contribution is 6.04. The standard InChI is InChI=1S/C22H25N5O2/c28-21(25-10-6-15-26-16-9-17-7-2-3-8-18(17)26)19-20(24-12-11-23-19)22(29)27-13-4-1-5-14-27/h2-3,7-9,11-12,16H,1,4-6,10,13-15H2,(H,25,28).